The van der Waals surface area contributed by atoms with Gasteiger partial charge in [0.15, 0.2) is 12.5 Å². The third-order valence-corrected chi connectivity index (χ3v) is 6.14. The van der Waals surface area contributed by atoms with Crippen molar-refractivity contribution in [2.75, 3.05) is 45.2 Å². The molecule has 4 heterocycles. The summed E-state index contributed by atoms with van der Waals surface area (Å²) in [5.74, 6) is 1.18. The van der Waals surface area contributed by atoms with Gasteiger partial charge in [-0.2, -0.15) is 0 Å². The molecular formula is C23H27N7O3. The number of amides is 1. The molecule has 10 heteroatoms. The second-order valence-corrected chi connectivity index (χ2v) is 8.45. The molecule has 2 aliphatic heterocycles. The molecule has 1 atom stereocenters. The van der Waals surface area contributed by atoms with Crippen molar-refractivity contribution in [3.8, 4) is 11.6 Å². The van der Waals surface area contributed by atoms with E-state index < -0.39 is 0 Å². The topological polar surface area (TPSA) is 119 Å². The first kappa shape index (κ1) is 21.2. The summed E-state index contributed by atoms with van der Waals surface area (Å²) in [4.78, 5) is 33.0. The zero-order valence-electron chi connectivity index (χ0n) is 18.5. The minimum Gasteiger partial charge on any atom is -0.494 e. The Labute approximate surface area is 191 Å². The van der Waals surface area contributed by atoms with Crippen LogP contribution in [0, 0.1) is 0 Å². The zero-order valence-corrected chi connectivity index (χ0v) is 18.5. The lowest BCUT2D eigenvalue weighted by Gasteiger charge is -2.29. The Morgan fingerprint density at radius 1 is 1.24 bits per heavy atom. The highest BCUT2D eigenvalue weighted by Gasteiger charge is 2.29. The number of aliphatic imine (C=N–C) groups is 1. The normalized spacial score (nSPS) is 20.1. The van der Waals surface area contributed by atoms with Crippen LogP contribution in [-0.4, -0.2) is 87.9 Å². The van der Waals surface area contributed by atoms with Crippen LogP contribution in [0.3, 0.4) is 0 Å². The number of rotatable bonds is 0. The van der Waals surface area contributed by atoms with E-state index in [0.717, 1.165) is 32.5 Å². The van der Waals surface area contributed by atoms with E-state index in [1.54, 1.807) is 18.3 Å². The van der Waals surface area contributed by atoms with Crippen molar-refractivity contribution in [3.05, 3.63) is 36.2 Å². The van der Waals surface area contributed by atoms with Crippen LogP contribution in [0.15, 0.2) is 35.6 Å². The Morgan fingerprint density at radius 3 is 3.06 bits per heavy atom. The van der Waals surface area contributed by atoms with Crippen LogP contribution in [0.2, 0.25) is 0 Å². The second-order valence-electron chi connectivity index (χ2n) is 8.45. The monoisotopic (exact) mass is 449 g/mol. The maximum atomic E-state index is 12.8. The fourth-order valence-corrected chi connectivity index (χ4v) is 4.48. The minimum absolute atomic E-state index is 0.00112. The SMILES string of the molecule is CN1CCNc2ncnc3[nH]c(O)c(c23)C=Nc2cccc(c2)OCC(=O)N2CCC[C@@H]2C1. The largest absolute Gasteiger partial charge is 0.494 e. The van der Waals surface area contributed by atoms with Gasteiger partial charge in [0.05, 0.1) is 16.6 Å². The number of hydrogen-bond donors (Lipinski definition) is 3. The summed E-state index contributed by atoms with van der Waals surface area (Å²) in [6, 6.07) is 7.41. The predicted octanol–water partition coefficient (Wildman–Crippen LogP) is 2.14. The van der Waals surface area contributed by atoms with E-state index in [1.807, 2.05) is 17.0 Å². The summed E-state index contributed by atoms with van der Waals surface area (Å²) in [5, 5.41) is 14.5. The fraction of sp³-hybridized carbons (Fsp3) is 0.391. The van der Waals surface area contributed by atoms with Gasteiger partial charge in [0.1, 0.15) is 23.5 Å². The summed E-state index contributed by atoms with van der Waals surface area (Å²) in [5.41, 5.74) is 1.68. The molecule has 0 aliphatic carbocycles. The number of anilines is 1. The molecule has 5 rings (SSSR count). The number of likely N-dealkylation sites (N-methyl/N-ethyl adjacent to an activating group) is 1. The molecule has 1 aromatic carbocycles. The van der Waals surface area contributed by atoms with Crippen molar-refractivity contribution in [1.29, 1.82) is 0 Å². The lowest BCUT2D eigenvalue weighted by Crippen LogP contribution is -2.44. The van der Waals surface area contributed by atoms with Crippen LogP contribution in [-0.2, 0) is 4.79 Å². The van der Waals surface area contributed by atoms with E-state index in [1.165, 1.54) is 6.33 Å². The molecule has 2 aliphatic rings. The van der Waals surface area contributed by atoms with Crippen LogP contribution in [0.25, 0.3) is 11.0 Å². The number of carbonyl (C=O) groups is 1. The number of aromatic amines is 1. The number of benzene rings is 1. The standard InChI is InChI=1S/C23H27N7O3/c1-29-9-7-24-21-20-18(23(32)28-22(20)27-14-26-21)11-25-15-4-2-6-17(10-15)33-13-19(31)30-8-3-5-16(30)12-29/h2,4,6,10-11,14,16,32H,3,5,7-9,12-13H2,1H3,(H2,24,26,27,28)/t16-/m1/s1. The highest BCUT2D eigenvalue weighted by Crippen LogP contribution is 2.30. The van der Waals surface area contributed by atoms with Crippen LogP contribution >= 0.6 is 0 Å². The van der Waals surface area contributed by atoms with Crippen molar-refractivity contribution < 1.29 is 14.6 Å². The van der Waals surface area contributed by atoms with Crippen molar-refractivity contribution in [1.82, 2.24) is 24.8 Å². The van der Waals surface area contributed by atoms with Gasteiger partial charge in [0, 0.05) is 44.5 Å². The third-order valence-electron chi connectivity index (χ3n) is 6.14. The minimum atomic E-state index is -0.0249. The van der Waals surface area contributed by atoms with E-state index in [2.05, 4.69) is 37.2 Å². The third kappa shape index (κ3) is 4.47. The van der Waals surface area contributed by atoms with Crippen molar-refractivity contribution in [2.45, 2.75) is 18.9 Å². The van der Waals surface area contributed by atoms with Gasteiger partial charge in [-0.05, 0) is 32.0 Å². The molecule has 3 N–H and O–H groups in total. The number of aromatic hydroxyl groups is 1. The molecule has 2 aromatic heterocycles. The Morgan fingerprint density at radius 2 is 2.15 bits per heavy atom. The van der Waals surface area contributed by atoms with E-state index in [4.69, 9.17) is 4.74 Å². The molecule has 0 spiro atoms. The van der Waals surface area contributed by atoms with Crippen molar-refractivity contribution in [3.63, 3.8) is 0 Å². The van der Waals surface area contributed by atoms with Gasteiger partial charge in [-0.25, -0.2) is 9.97 Å². The molecule has 3 aromatic rings. The summed E-state index contributed by atoms with van der Waals surface area (Å²) >= 11 is 0. The molecule has 1 amide bonds. The summed E-state index contributed by atoms with van der Waals surface area (Å²) in [6.07, 6.45) is 5.04. The number of H-pyrrole nitrogens is 1. The number of ether oxygens (including phenoxy) is 1. The lowest BCUT2D eigenvalue weighted by atomic mass is 10.2. The average Bonchev–Trinajstić information content (AvgIpc) is 3.39. The second kappa shape index (κ2) is 9.07. The van der Waals surface area contributed by atoms with E-state index in [-0.39, 0.29) is 24.4 Å². The number of hydrogen-bond acceptors (Lipinski definition) is 8. The lowest BCUT2D eigenvalue weighted by molar-refractivity contribution is -0.134. The highest BCUT2D eigenvalue weighted by atomic mass is 16.5. The van der Waals surface area contributed by atoms with Gasteiger partial charge in [0.2, 0.25) is 0 Å². The maximum absolute atomic E-state index is 12.8. The Hall–Kier alpha value is -3.66. The van der Waals surface area contributed by atoms with E-state index in [0.29, 0.717) is 40.4 Å². The van der Waals surface area contributed by atoms with Gasteiger partial charge < -0.3 is 29.9 Å². The summed E-state index contributed by atoms with van der Waals surface area (Å²) < 4.78 is 5.80. The van der Waals surface area contributed by atoms with Crippen LogP contribution in [0.5, 0.6) is 11.6 Å². The van der Waals surface area contributed by atoms with Crippen LogP contribution in [0.1, 0.15) is 18.4 Å². The molecule has 0 radical (unpaired) electrons. The average molecular weight is 450 g/mol. The molecular weight excluding hydrogens is 422 g/mol. The molecule has 33 heavy (non-hydrogen) atoms. The highest BCUT2D eigenvalue weighted by molar-refractivity contribution is 6.06. The number of aromatic nitrogens is 3. The number of nitrogens with one attached hydrogen (secondary N) is 2. The number of nitrogens with zero attached hydrogens (tertiary/aromatic N) is 5. The summed E-state index contributed by atoms with van der Waals surface area (Å²) in [7, 11) is 2.05. The van der Waals surface area contributed by atoms with Crippen LogP contribution in [0.4, 0.5) is 11.5 Å². The quantitative estimate of drug-likeness (QED) is 0.481. The van der Waals surface area contributed by atoms with E-state index >= 15 is 0 Å². The fourth-order valence-electron chi connectivity index (χ4n) is 4.48. The van der Waals surface area contributed by atoms with E-state index in [9.17, 15) is 9.90 Å². The molecule has 10 nitrogen and oxygen atoms in total. The van der Waals surface area contributed by atoms with Gasteiger partial charge in [-0.1, -0.05) is 6.07 Å². The number of fused-ring (bicyclic) bond motifs is 3. The first-order valence-corrected chi connectivity index (χ1v) is 11.1. The Bertz CT molecular complexity index is 1190. The van der Waals surface area contributed by atoms with Gasteiger partial charge in [-0.15, -0.1) is 0 Å². The Balaban J connectivity index is 1.50. The molecule has 1 fully saturated rings. The molecule has 1 saturated heterocycles. The molecule has 0 saturated carbocycles. The van der Waals surface area contributed by atoms with Crippen molar-refractivity contribution in [2.24, 2.45) is 4.99 Å². The molecule has 0 unspecified atom stereocenters. The first-order valence-electron chi connectivity index (χ1n) is 11.1. The van der Waals surface area contributed by atoms with Gasteiger partial charge >= 0.3 is 0 Å². The first-order chi connectivity index (χ1) is 16.1. The van der Waals surface area contributed by atoms with Gasteiger partial charge in [0.25, 0.3) is 5.91 Å². The molecule has 172 valence electrons. The zero-order chi connectivity index (χ0) is 22.8. The Kier molecular flexibility index (Phi) is 5.82. The van der Waals surface area contributed by atoms with Crippen LogP contribution < -0.4 is 10.1 Å². The smallest absolute Gasteiger partial charge is 0.260 e. The van der Waals surface area contributed by atoms with Gasteiger partial charge in [-0.3, -0.25) is 9.79 Å². The summed E-state index contributed by atoms with van der Waals surface area (Å²) in [6.45, 7) is 2.98. The number of carbonyl (C=O) groups excluding carboxylic acids is 1. The predicted molar refractivity (Wildman–Crippen MR) is 125 cm³/mol. The molecule has 2 bridgehead atoms. The maximum Gasteiger partial charge on any atom is 0.260 e. The van der Waals surface area contributed by atoms with Crippen molar-refractivity contribution >= 4 is 34.7 Å².